The predicted octanol–water partition coefficient (Wildman–Crippen LogP) is 2.35. The Hall–Kier alpha value is -1.56. The van der Waals surface area contributed by atoms with Crippen LogP contribution in [0.4, 0.5) is 13.2 Å². The Morgan fingerprint density at radius 1 is 1.47 bits per heavy atom. The van der Waals surface area contributed by atoms with Gasteiger partial charge in [-0.3, -0.25) is 0 Å². The molecule has 0 aliphatic carbocycles. The molecule has 0 amide bonds. The molecule has 3 nitrogen and oxygen atoms in total. The molecule has 1 atom stereocenters. The monoisotopic (exact) mass is 248 g/mol. The van der Waals surface area contributed by atoms with Gasteiger partial charge in [0.2, 0.25) is 0 Å². The lowest BCUT2D eigenvalue weighted by Gasteiger charge is -2.12. The number of carboxylic acids is 1. The fraction of sp³-hybridized carbons (Fsp3) is 0.364. The maximum Gasteiger partial charge on any atom is 0.416 e. The van der Waals surface area contributed by atoms with Crippen LogP contribution in [0, 0.1) is 0 Å². The first-order valence-corrected chi connectivity index (χ1v) is 4.76. The van der Waals surface area contributed by atoms with Crippen LogP contribution in [-0.2, 0) is 22.1 Å². The van der Waals surface area contributed by atoms with Gasteiger partial charge < -0.3 is 9.84 Å². The van der Waals surface area contributed by atoms with Gasteiger partial charge >= 0.3 is 12.1 Å². The van der Waals surface area contributed by atoms with Crippen molar-refractivity contribution in [1.29, 1.82) is 0 Å². The molecule has 0 aliphatic heterocycles. The lowest BCUT2D eigenvalue weighted by Crippen LogP contribution is -2.25. The van der Waals surface area contributed by atoms with Crippen LogP contribution in [0.2, 0.25) is 0 Å². The van der Waals surface area contributed by atoms with E-state index in [0.717, 1.165) is 12.1 Å². The third kappa shape index (κ3) is 3.74. The number of carboxylic acid groups (broad SMARTS) is 1. The molecule has 1 rings (SSSR count). The second-order valence-corrected chi connectivity index (χ2v) is 3.46. The minimum Gasteiger partial charge on any atom is -0.479 e. The molecule has 6 heteroatoms. The Labute approximate surface area is 95.8 Å². The maximum absolute atomic E-state index is 12.4. The van der Waals surface area contributed by atoms with Gasteiger partial charge in [0.05, 0.1) is 5.56 Å². The molecule has 0 unspecified atom stereocenters. The highest BCUT2D eigenvalue weighted by atomic mass is 19.4. The van der Waals surface area contributed by atoms with Crippen molar-refractivity contribution in [3.8, 4) is 0 Å². The van der Waals surface area contributed by atoms with Gasteiger partial charge in [0.25, 0.3) is 0 Å². The van der Waals surface area contributed by atoms with Crippen LogP contribution in [0.25, 0.3) is 0 Å². The second kappa shape index (κ2) is 5.18. The summed E-state index contributed by atoms with van der Waals surface area (Å²) in [5.74, 6) is -1.20. The van der Waals surface area contributed by atoms with Crippen molar-refractivity contribution in [2.24, 2.45) is 0 Å². The van der Waals surface area contributed by atoms with Crippen LogP contribution in [0.1, 0.15) is 11.1 Å². The number of ether oxygens (including phenoxy) is 1. The van der Waals surface area contributed by atoms with Gasteiger partial charge in [-0.15, -0.1) is 0 Å². The van der Waals surface area contributed by atoms with Crippen molar-refractivity contribution in [3.63, 3.8) is 0 Å². The molecule has 1 N–H and O–H groups in total. The molecule has 0 heterocycles. The summed E-state index contributed by atoms with van der Waals surface area (Å²) in [4.78, 5) is 10.7. The number of methoxy groups -OCH3 is 1. The van der Waals surface area contributed by atoms with Crippen molar-refractivity contribution in [1.82, 2.24) is 0 Å². The van der Waals surface area contributed by atoms with Gasteiger partial charge in [-0.05, 0) is 11.6 Å². The van der Waals surface area contributed by atoms with Crippen LogP contribution in [0.3, 0.4) is 0 Å². The van der Waals surface area contributed by atoms with Gasteiger partial charge in [0, 0.05) is 13.5 Å². The van der Waals surface area contributed by atoms with E-state index < -0.39 is 23.8 Å². The normalized spacial score (nSPS) is 13.4. The van der Waals surface area contributed by atoms with Crippen molar-refractivity contribution >= 4 is 5.97 Å². The topological polar surface area (TPSA) is 46.5 Å². The SMILES string of the molecule is CO[C@@H](Cc1cccc(C(F)(F)F)c1)C(=O)O. The maximum atomic E-state index is 12.4. The lowest BCUT2D eigenvalue weighted by molar-refractivity contribution is -0.148. The Kier molecular flexibility index (Phi) is 4.11. The molecule has 0 aliphatic rings. The van der Waals surface area contributed by atoms with Crippen molar-refractivity contribution in [2.45, 2.75) is 18.7 Å². The molecule has 0 fully saturated rings. The standard InChI is InChI=1S/C11H11F3O3/c1-17-9(10(15)16)6-7-3-2-4-8(5-7)11(12,13)14/h2-5,9H,6H2,1H3,(H,15,16)/t9-/m0/s1. The van der Waals surface area contributed by atoms with Crippen molar-refractivity contribution < 1.29 is 27.8 Å². The van der Waals surface area contributed by atoms with Gasteiger partial charge in [0.1, 0.15) is 0 Å². The molecule has 1 aromatic rings. The summed E-state index contributed by atoms with van der Waals surface area (Å²) >= 11 is 0. The number of rotatable bonds is 4. The minimum absolute atomic E-state index is 0.101. The molecule has 0 saturated heterocycles. The smallest absolute Gasteiger partial charge is 0.416 e. The number of benzene rings is 1. The molecule has 0 spiro atoms. The summed E-state index contributed by atoms with van der Waals surface area (Å²) in [5, 5.41) is 8.72. The first-order chi connectivity index (χ1) is 7.84. The summed E-state index contributed by atoms with van der Waals surface area (Å²) in [6.45, 7) is 0. The van der Waals surface area contributed by atoms with Crippen LogP contribution < -0.4 is 0 Å². The highest BCUT2D eigenvalue weighted by molar-refractivity contribution is 5.72. The summed E-state index contributed by atoms with van der Waals surface area (Å²) in [6, 6.07) is 4.54. The predicted molar refractivity (Wildman–Crippen MR) is 53.6 cm³/mol. The number of aliphatic carboxylic acids is 1. The van der Waals surface area contributed by atoms with E-state index in [1.165, 1.54) is 19.2 Å². The Balaban J connectivity index is 2.89. The van der Waals surface area contributed by atoms with E-state index in [1.54, 1.807) is 0 Å². The summed E-state index contributed by atoms with van der Waals surface area (Å²) in [6.07, 6.45) is -5.67. The van der Waals surface area contributed by atoms with E-state index in [1.807, 2.05) is 0 Å². The van der Waals surface area contributed by atoms with E-state index in [2.05, 4.69) is 4.74 Å². The van der Waals surface area contributed by atoms with E-state index in [9.17, 15) is 18.0 Å². The van der Waals surface area contributed by atoms with E-state index in [0.29, 0.717) is 0 Å². The Bertz CT molecular complexity index is 401. The average Bonchev–Trinajstić information content (AvgIpc) is 2.24. The molecule has 94 valence electrons. The minimum atomic E-state index is -4.43. The highest BCUT2D eigenvalue weighted by Gasteiger charge is 2.30. The zero-order valence-corrected chi connectivity index (χ0v) is 8.99. The van der Waals surface area contributed by atoms with Crippen LogP contribution in [0.15, 0.2) is 24.3 Å². The highest BCUT2D eigenvalue weighted by Crippen LogP contribution is 2.29. The van der Waals surface area contributed by atoms with Gasteiger partial charge in [-0.2, -0.15) is 13.2 Å². The fourth-order valence-corrected chi connectivity index (χ4v) is 1.36. The molecular formula is C11H11F3O3. The Morgan fingerprint density at radius 3 is 2.59 bits per heavy atom. The lowest BCUT2D eigenvalue weighted by atomic mass is 10.0. The van der Waals surface area contributed by atoms with Gasteiger partial charge in [-0.25, -0.2) is 4.79 Å². The molecular weight excluding hydrogens is 237 g/mol. The number of carbonyl (C=O) groups is 1. The summed E-state index contributed by atoms with van der Waals surface area (Å²) in [5.41, 5.74) is -0.524. The third-order valence-electron chi connectivity index (χ3n) is 2.24. The van der Waals surface area contributed by atoms with Gasteiger partial charge in [-0.1, -0.05) is 18.2 Å². The number of halogens is 3. The van der Waals surface area contributed by atoms with E-state index in [4.69, 9.17) is 5.11 Å². The number of hydrogen-bond donors (Lipinski definition) is 1. The van der Waals surface area contributed by atoms with Crippen LogP contribution >= 0.6 is 0 Å². The Morgan fingerprint density at radius 2 is 2.12 bits per heavy atom. The van der Waals surface area contributed by atoms with Crippen molar-refractivity contribution in [3.05, 3.63) is 35.4 Å². The molecule has 0 bridgehead atoms. The summed E-state index contributed by atoms with van der Waals surface area (Å²) in [7, 11) is 1.20. The zero-order valence-electron chi connectivity index (χ0n) is 8.99. The first kappa shape index (κ1) is 13.5. The fourth-order valence-electron chi connectivity index (χ4n) is 1.36. The quantitative estimate of drug-likeness (QED) is 0.889. The second-order valence-electron chi connectivity index (χ2n) is 3.46. The van der Waals surface area contributed by atoms with Crippen LogP contribution in [0.5, 0.6) is 0 Å². The molecule has 0 aromatic heterocycles. The third-order valence-corrected chi connectivity index (χ3v) is 2.24. The van der Waals surface area contributed by atoms with E-state index in [-0.39, 0.29) is 12.0 Å². The largest absolute Gasteiger partial charge is 0.479 e. The van der Waals surface area contributed by atoms with Gasteiger partial charge in [0.15, 0.2) is 6.10 Å². The molecule has 0 radical (unpaired) electrons. The van der Waals surface area contributed by atoms with Crippen LogP contribution in [-0.4, -0.2) is 24.3 Å². The molecule has 17 heavy (non-hydrogen) atoms. The number of hydrogen-bond acceptors (Lipinski definition) is 2. The molecule has 1 aromatic carbocycles. The number of alkyl halides is 3. The molecule has 0 saturated carbocycles. The first-order valence-electron chi connectivity index (χ1n) is 4.76. The average molecular weight is 248 g/mol. The van der Waals surface area contributed by atoms with E-state index >= 15 is 0 Å². The zero-order chi connectivity index (χ0) is 13.1. The van der Waals surface area contributed by atoms with Crippen molar-refractivity contribution in [2.75, 3.05) is 7.11 Å². The summed E-state index contributed by atoms with van der Waals surface area (Å²) < 4.78 is 41.9.